The lowest BCUT2D eigenvalue weighted by molar-refractivity contribution is 0.596. The summed E-state index contributed by atoms with van der Waals surface area (Å²) in [5.41, 5.74) is 7.84. The number of benzene rings is 5. The van der Waals surface area contributed by atoms with E-state index in [0.29, 0.717) is 15.4 Å². The number of rotatable bonds is 4. The molecule has 0 amide bonds. The molecule has 0 saturated heterocycles. The van der Waals surface area contributed by atoms with Gasteiger partial charge < -0.3 is 4.57 Å². The highest BCUT2D eigenvalue weighted by atomic mass is 32.2. The highest BCUT2D eigenvalue weighted by Crippen LogP contribution is 2.35. The number of nitrogens with zero attached hydrogens (tertiary/aromatic N) is 2. The number of fused-ring (bicyclic) bond motifs is 3. The number of sulfone groups is 1. The zero-order chi connectivity index (χ0) is 26.4. The summed E-state index contributed by atoms with van der Waals surface area (Å²) in [6.07, 6.45) is 0. The number of nitriles is 1. The Morgan fingerprint density at radius 3 is 2.00 bits per heavy atom. The first-order valence-electron chi connectivity index (χ1n) is 12.3. The summed E-state index contributed by atoms with van der Waals surface area (Å²) >= 11 is 0. The minimum Gasteiger partial charge on any atom is -0.309 e. The van der Waals surface area contributed by atoms with Crippen molar-refractivity contribution in [3.05, 3.63) is 126 Å². The normalized spacial score (nSPS) is 11.6. The summed E-state index contributed by atoms with van der Waals surface area (Å²) in [6.45, 7) is 4.03. The topological polar surface area (TPSA) is 62.9 Å². The second kappa shape index (κ2) is 9.02. The summed E-state index contributed by atoms with van der Waals surface area (Å²) in [7, 11) is -3.58. The SMILES string of the molecule is Cc1cc(-n2c3ccccc3c3cc(C#N)ccc32)ccc1-c1ccc(S(=O)(=O)c2ccccc2)cc1C. The van der Waals surface area contributed by atoms with Crippen LogP contribution in [-0.2, 0) is 9.84 Å². The molecular formula is C33H24N2O2S. The van der Waals surface area contributed by atoms with E-state index in [0.717, 1.165) is 49.7 Å². The average Bonchev–Trinajstić information content (AvgIpc) is 3.27. The van der Waals surface area contributed by atoms with Gasteiger partial charge in [-0.2, -0.15) is 5.26 Å². The number of hydrogen-bond donors (Lipinski definition) is 0. The molecule has 6 aromatic rings. The van der Waals surface area contributed by atoms with Crippen molar-refractivity contribution in [1.82, 2.24) is 4.57 Å². The molecule has 1 aromatic heterocycles. The average molecular weight is 513 g/mol. The predicted octanol–water partition coefficient (Wildman–Crippen LogP) is 7.77. The van der Waals surface area contributed by atoms with Gasteiger partial charge in [0, 0.05) is 16.5 Å². The van der Waals surface area contributed by atoms with Crippen molar-refractivity contribution in [1.29, 1.82) is 5.26 Å². The van der Waals surface area contributed by atoms with Crippen LogP contribution >= 0.6 is 0 Å². The van der Waals surface area contributed by atoms with Gasteiger partial charge in [-0.05, 0) is 96.8 Å². The molecule has 0 atom stereocenters. The van der Waals surface area contributed by atoms with Crippen molar-refractivity contribution < 1.29 is 8.42 Å². The van der Waals surface area contributed by atoms with Gasteiger partial charge in [-0.1, -0.05) is 48.5 Å². The van der Waals surface area contributed by atoms with E-state index in [-0.39, 0.29) is 0 Å². The van der Waals surface area contributed by atoms with Crippen LogP contribution in [0.15, 0.2) is 119 Å². The summed E-state index contributed by atoms with van der Waals surface area (Å²) in [5, 5.41) is 11.6. The Balaban J connectivity index is 1.45. The van der Waals surface area contributed by atoms with Gasteiger partial charge >= 0.3 is 0 Å². The van der Waals surface area contributed by atoms with E-state index in [9.17, 15) is 13.7 Å². The Kier molecular flexibility index (Phi) is 5.63. The first-order valence-corrected chi connectivity index (χ1v) is 13.8. The van der Waals surface area contributed by atoms with E-state index < -0.39 is 9.84 Å². The van der Waals surface area contributed by atoms with Crippen LogP contribution in [0.1, 0.15) is 16.7 Å². The summed E-state index contributed by atoms with van der Waals surface area (Å²) in [5.74, 6) is 0. The van der Waals surface area contributed by atoms with Crippen LogP contribution in [-0.4, -0.2) is 13.0 Å². The van der Waals surface area contributed by atoms with Crippen LogP contribution < -0.4 is 0 Å². The molecule has 6 rings (SSSR count). The summed E-state index contributed by atoms with van der Waals surface area (Å²) < 4.78 is 28.4. The van der Waals surface area contributed by atoms with E-state index >= 15 is 0 Å². The number of aryl methyl sites for hydroxylation is 2. The summed E-state index contributed by atoms with van der Waals surface area (Å²) in [4.78, 5) is 0.585. The first-order chi connectivity index (χ1) is 18.4. The van der Waals surface area contributed by atoms with E-state index in [2.05, 4.69) is 47.9 Å². The molecule has 0 radical (unpaired) electrons. The fourth-order valence-corrected chi connectivity index (χ4v) is 6.62. The number of para-hydroxylation sites is 1. The third-order valence-corrected chi connectivity index (χ3v) is 8.89. The van der Waals surface area contributed by atoms with Gasteiger partial charge in [-0.3, -0.25) is 0 Å². The second-order valence-electron chi connectivity index (χ2n) is 9.49. The van der Waals surface area contributed by atoms with Gasteiger partial charge in [0.15, 0.2) is 0 Å². The van der Waals surface area contributed by atoms with Crippen LogP contribution in [0.2, 0.25) is 0 Å². The molecule has 1 heterocycles. The maximum absolute atomic E-state index is 13.1. The number of aromatic nitrogens is 1. The zero-order valence-corrected chi connectivity index (χ0v) is 21.8. The highest BCUT2D eigenvalue weighted by molar-refractivity contribution is 7.91. The van der Waals surface area contributed by atoms with Crippen molar-refractivity contribution >= 4 is 31.6 Å². The quantitative estimate of drug-likeness (QED) is 0.242. The highest BCUT2D eigenvalue weighted by Gasteiger charge is 2.19. The van der Waals surface area contributed by atoms with Gasteiger partial charge in [0.2, 0.25) is 9.84 Å². The van der Waals surface area contributed by atoms with Gasteiger partial charge in [0.05, 0.1) is 32.5 Å². The Labute approximate surface area is 221 Å². The lowest BCUT2D eigenvalue weighted by atomic mass is 9.96. The molecule has 0 N–H and O–H groups in total. The fraction of sp³-hybridized carbons (Fsp3) is 0.0606. The van der Waals surface area contributed by atoms with Crippen molar-refractivity contribution in [3.63, 3.8) is 0 Å². The zero-order valence-electron chi connectivity index (χ0n) is 21.0. The standard InChI is InChI=1S/C33H24N2O2S/c1-22-18-25(35-32-11-7-6-10-30(32)31-20-24(21-34)12-17-33(31)35)13-15-28(22)29-16-14-27(19-23(29)2)38(36,37)26-8-4-3-5-9-26/h3-20H,1-2H3. The molecule has 0 aliphatic heterocycles. The molecule has 4 nitrogen and oxygen atoms in total. The monoisotopic (exact) mass is 512 g/mol. The van der Waals surface area contributed by atoms with Crippen LogP contribution in [0.25, 0.3) is 38.6 Å². The molecule has 0 bridgehead atoms. The van der Waals surface area contributed by atoms with E-state index in [4.69, 9.17) is 0 Å². The van der Waals surface area contributed by atoms with Crippen molar-refractivity contribution in [3.8, 4) is 22.9 Å². The Hall–Kier alpha value is -4.66. The van der Waals surface area contributed by atoms with Crippen molar-refractivity contribution in [2.75, 3.05) is 0 Å². The van der Waals surface area contributed by atoms with Crippen LogP contribution in [0, 0.1) is 25.2 Å². The lowest BCUT2D eigenvalue weighted by Crippen LogP contribution is -2.02. The van der Waals surface area contributed by atoms with Gasteiger partial charge in [-0.25, -0.2) is 8.42 Å². The van der Waals surface area contributed by atoms with Crippen LogP contribution in [0.3, 0.4) is 0 Å². The third kappa shape index (κ3) is 3.78. The Morgan fingerprint density at radius 1 is 0.632 bits per heavy atom. The minimum absolute atomic E-state index is 0.292. The fourth-order valence-electron chi connectivity index (χ4n) is 5.25. The maximum Gasteiger partial charge on any atom is 0.206 e. The van der Waals surface area contributed by atoms with Gasteiger partial charge in [0.1, 0.15) is 0 Å². The van der Waals surface area contributed by atoms with Crippen molar-refractivity contribution in [2.24, 2.45) is 0 Å². The molecule has 5 heteroatoms. The molecule has 0 aliphatic carbocycles. The molecular weight excluding hydrogens is 488 g/mol. The smallest absolute Gasteiger partial charge is 0.206 e. The number of hydrogen-bond acceptors (Lipinski definition) is 3. The van der Waals surface area contributed by atoms with Crippen LogP contribution in [0.4, 0.5) is 0 Å². The predicted molar refractivity (Wildman–Crippen MR) is 152 cm³/mol. The molecule has 184 valence electrons. The summed E-state index contributed by atoms with van der Waals surface area (Å²) in [6, 6.07) is 36.5. The maximum atomic E-state index is 13.1. The van der Waals surface area contributed by atoms with Gasteiger partial charge in [0.25, 0.3) is 0 Å². The van der Waals surface area contributed by atoms with E-state index in [1.807, 2.05) is 49.4 Å². The van der Waals surface area contributed by atoms with E-state index in [1.165, 1.54) is 0 Å². The largest absolute Gasteiger partial charge is 0.309 e. The first kappa shape index (κ1) is 23.7. The molecule has 0 unspecified atom stereocenters. The molecule has 38 heavy (non-hydrogen) atoms. The minimum atomic E-state index is -3.58. The van der Waals surface area contributed by atoms with Gasteiger partial charge in [-0.15, -0.1) is 0 Å². The third-order valence-electron chi connectivity index (χ3n) is 7.12. The molecule has 0 saturated carbocycles. The second-order valence-corrected chi connectivity index (χ2v) is 11.4. The van der Waals surface area contributed by atoms with Crippen LogP contribution in [0.5, 0.6) is 0 Å². The molecule has 0 fully saturated rings. The molecule has 0 aliphatic rings. The Bertz CT molecular complexity index is 2010. The van der Waals surface area contributed by atoms with Crippen molar-refractivity contribution in [2.45, 2.75) is 23.6 Å². The molecule has 5 aromatic carbocycles. The Morgan fingerprint density at radius 2 is 1.29 bits per heavy atom. The van der Waals surface area contributed by atoms with E-state index in [1.54, 1.807) is 36.4 Å². The molecule has 0 spiro atoms. The lowest BCUT2D eigenvalue weighted by Gasteiger charge is -2.15.